The van der Waals surface area contributed by atoms with Gasteiger partial charge in [0, 0.05) is 30.0 Å². The third-order valence-corrected chi connectivity index (χ3v) is 2.69. The Labute approximate surface area is 95.2 Å². The Bertz CT molecular complexity index is 470. The van der Waals surface area contributed by atoms with Crippen LogP contribution in [0.15, 0.2) is 12.1 Å². The molecule has 1 aromatic carbocycles. The van der Waals surface area contributed by atoms with Crippen LogP contribution in [0.3, 0.4) is 0 Å². The van der Waals surface area contributed by atoms with Gasteiger partial charge in [0.05, 0.1) is 0 Å². The second-order valence-electron chi connectivity index (χ2n) is 3.93. The molecule has 1 fully saturated rings. The molecule has 0 radical (unpaired) electrons. The highest BCUT2D eigenvalue weighted by Gasteiger charge is 2.32. The molecule has 0 saturated heterocycles. The Morgan fingerprint density at radius 3 is 2.24 bits per heavy atom. The van der Waals surface area contributed by atoms with Gasteiger partial charge in [0.25, 0.3) is 0 Å². The van der Waals surface area contributed by atoms with E-state index in [4.69, 9.17) is 5.11 Å². The molecule has 0 spiro atoms. The second kappa shape index (κ2) is 4.12. The minimum absolute atomic E-state index is 0.0264. The van der Waals surface area contributed by atoms with Crippen molar-refractivity contribution in [3.05, 3.63) is 29.3 Å². The van der Waals surface area contributed by atoms with Crippen LogP contribution in [0, 0.1) is 11.6 Å². The first kappa shape index (κ1) is 11.5. The van der Waals surface area contributed by atoms with E-state index in [-0.39, 0.29) is 29.9 Å². The van der Waals surface area contributed by atoms with Crippen LogP contribution in [-0.2, 0) is 4.79 Å². The molecule has 1 aliphatic rings. The molecule has 0 aliphatic heterocycles. The number of anilines is 1. The number of Topliss-reactive ketones (excluding diaryl/α,β-unsaturated/α-hetero) is 1. The fourth-order valence-corrected chi connectivity index (χ4v) is 1.86. The first-order valence-electron chi connectivity index (χ1n) is 4.98. The van der Waals surface area contributed by atoms with Crippen molar-refractivity contribution in [2.45, 2.75) is 18.8 Å². The van der Waals surface area contributed by atoms with Crippen LogP contribution < -0.4 is 5.32 Å². The molecule has 90 valence electrons. The molecule has 1 saturated carbocycles. The molecule has 6 heteroatoms. The molecule has 1 aromatic rings. The van der Waals surface area contributed by atoms with Crippen LogP contribution in [0.2, 0.25) is 0 Å². The fraction of sp³-hybridized carbons (Fsp3) is 0.273. The summed E-state index contributed by atoms with van der Waals surface area (Å²) >= 11 is 0. The first-order chi connectivity index (χ1) is 7.97. The average Bonchev–Trinajstić information content (AvgIpc) is 2.12. The van der Waals surface area contributed by atoms with E-state index in [9.17, 15) is 18.4 Å². The first-order valence-corrected chi connectivity index (χ1v) is 4.98. The number of amides is 1. The Morgan fingerprint density at radius 1 is 1.29 bits per heavy atom. The SMILES string of the molecule is O=C1CC(c2c(F)cc(NC(=O)O)cc2F)C1. The van der Waals surface area contributed by atoms with Crippen LogP contribution in [-0.4, -0.2) is 17.0 Å². The quantitative estimate of drug-likeness (QED) is 0.835. The van der Waals surface area contributed by atoms with Gasteiger partial charge in [-0.25, -0.2) is 13.6 Å². The maximum Gasteiger partial charge on any atom is 0.409 e. The minimum Gasteiger partial charge on any atom is -0.465 e. The Hall–Kier alpha value is -1.98. The van der Waals surface area contributed by atoms with Crippen LogP contribution in [0.4, 0.5) is 19.3 Å². The summed E-state index contributed by atoms with van der Waals surface area (Å²) < 4.78 is 27.2. The Morgan fingerprint density at radius 2 is 1.82 bits per heavy atom. The fourth-order valence-electron chi connectivity index (χ4n) is 1.86. The van der Waals surface area contributed by atoms with E-state index in [2.05, 4.69) is 0 Å². The molecule has 0 aromatic heterocycles. The molecule has 0 bridgehead atoms. The number of rotatable bonds is 2. The van der Waals surface area contributed by atoms with Gasteiger partial charge in [0.1, 0.15) is 17.4 Å². The monoisotopic (exact) mass is 241 g/mol. The molecule has 0 unspecified atom stereocenters. The zero-order valence-electron chi connectivity index (χ0n) is 8.67. The third kappa shape index (κ3) is 2.25. The molecule has 2 rings (SSSR count). The standard InChI is InChI=1S/C11H9F2NO3/c12-8-3-6(14-11(16)17)4-9(13)10(8)5-1-7(15)2-5/h3-5,14H,1-2H2,(H,16,17). The summed E-state index contributed by atoms with van der Waals surface area (Å²) in [5, 5.41) is 10.3. The molecular weight excluding hydrogens is 232 g/mol. The maximum atomic E-state index is 13.6. The van der Waals surface area contributed by atoms with Crippen molar-refractivity contribution < 1.29 is 23.5 Å². The highest BCUT2D eigenvalue weighted by atomic mass is 19.1. The average molecular weight is 241 g/mol. The highest BCUT2D eigenvalue weighted by molar-refractivity contribution is 5.87. The number of carbonyl (C=O) groups excluding carboxylic acids is 1. The van der Waals surface area contributed by atoms with Gasteiger partial charge in [-0.05, 0) is 12.1 Å². The summed E-state index contributed by atoms with van der Waals surface area (Å²) in [5.41, 5.74) is -0.303. The summed E-state index contributed by atoms with van der Waals surface area (Å²) in [7, 11) is 0. The van der Waals surface area contributed by atoms with Gasteiger partial charge in [-0.2, -0.15) is 0 Å². The van der Waals surface area contributed by atoms with E-state index in [1.165, 1.54) is 0 Å². The van der Waals surface area contributed by atoms with Crippen molar-refractivity contribution in [1.29, 1.82) is 0 Å². The van der Waals surface area contributed by atoms with Crippen molar-refractivity contribution in [3.63, 3.8) is 0 Å². The van der Waals surface area contributed by atoms with Crippen LogP contribution in [0.5, 0.6) is 0 Å². The summed E-state index contributed by atoms with van der Waals surface area (Å²) in [6.07, 6.45) is -1.12. The molecule has 17 heavy (non-hydrogen) atoms. The molecule has 0 atom stereocenters. The number of carboxylic acid groups (broad SMARTS) is 1. The predicted molar refractivity (Wildman–Crippen MR) is 55.0 cm³/mol. The summed E-state index contributed by atoms with van der Waals surface area (Å²) in [6, 6.07) is 1.82. The molecule has 4 nitrogen and oxygen atoms in total. The zero-order valence-corrected chi connectivity index (χ0v) is 8.67. The lowest BCUT2D eigenvalue weighted by Crippen LogP contribution is -2.23. The summed E-state index contributed by atoms with van der Waals surface area (Å²) in [6.45, 7) is 0. The van der Waals surface area contributed by atoms with E-state index in [1.54, 1.807) is 0 Å². The normalized spacial score (nSPS) is 15.5. The molecule has 0 heterocycles. The molecule has 1 amide bonds. The van der Waals surface area contributed by atoms with Gasteiger partial charge >= 0.3 is 6.09 Å². The Kier molecular flexibility index (Phi) is 2.79. The van der Waals surface area contributed by atoms with Gasteiger partial charge in [-0.1, -0.05) is 0 Å². The number of hydrogen-bond acceptors (Lipinski definition) is 2. The number of ketones is 1. The lowest BCUT2D eigenvalue weighted by atomic mass is 9.78. The second-order valence-corrected chi connectivity index (χ2v) is 3.93. The van der Waals surface area contributed by atoms with Crippen LogP contribution >= 0.6 is 0 Å². The van der Waals surface area contributed by atoms with Gasteiger partial charge < -0.3 is 5.11 Å². The molecular formula is C11H9F2NO3. The van der Waals surface area contributed by atoms with Crippen molar-refractivity contribution in [1.82, 2.24) is 0 Å². The van der Waals surface area contributed by atoms with E-state index in [0.29, 0.717) is 0 Å². The number of halogens is 2. The Balaban J connectivity index is 2.29. The van der Waals surface area contributed by atoms with Crippen molar-refractivity contribution in [3.8, 4) is 0 Å². The van der Waals surface area contributed by atoms with Crippen molar-refractivity contribution >= 4 is 17.6 Å². The lowest BCUT2D eigenvalue weighted by Gasteiger charge is -2.25. The third-order valence-electron chi connectivity index (χ3n) is 2.69. The zero-order chi connectivity index (χ0) is 12.6. The lowest BCUT2D eigenvalue weighted by molar-refractivity contribution is -0.124. The maximum absolute atomic E-state index is 13.6. The predicted octanol–water partition coefficient (Wildman–Crippen LogP) is 2.50. The van der Waals surface area contributed by atoms with E-state index >= 15 is 0 Å². The van der Waals surface area contributed by atoms with Gasteiger partial charge in [-0.15, -0.1) is 0 Å². The molecule has 2 N–H and O–H groups in total. The smallest absolute Gasteiger partial charge is 0.409 e. The topological polar surface area (TPSA) is 66.4 Å². The van der Waals surface area contributed by atoms with Gasteiger partial charge in [-0.3, -0.25) is 10.1 Å². The molecule has 1 aliphatic carbocycles. The van der Waals surface area contributed by atoms with E-state index in [1.807, 2.05) is 5.32 Å². The van der Waals surface area contributed by atoms with Crippen molar-refractivity contribution in [2.75, 3.05) is 5.32 Å². The van der Waals surface area contributed by atoms with Crippen molar-refractivity contribution in [2.24, 2.45) is 0 Å². The van der Waals surface area contributed by atoms with Gasteiger partial charge in [0.2, 0.25) is 0 Å². The van der Waals surface area contributed by atoms with Gasteiger partial charge in [0.15, 0.2) is 0 Å². The van der Waals surface area contributed by atoms with Crippen LogP contribution in [0.25, 0.3) is 0 Å². The number of nitrogens with one attached hydrogen (secondary N) is 1. The van der Waals surface area contributed by atoms with E-state index in [0.717, 1.165) is 12.1 Å². The minimum atomic E-state index is -1.39. The number of benzene rings is 1. The highest BCUT2D eigenvalue weighted by Crippen LogP contribution is 2.37. The summed E-state index contributed by atoms with van der Waals surface area (Å²) in [4.78, 5) is 21.1. The van der Waals surface area contributed by atoms with Crippen LogP contribution in [0.1, 0.15) is 24.3 Å². The van der Waals surface area contributed by atoms with E-state index < -0.39 is 23.6 Å². The number of hydrogen-bond donors (Lipinski definition) is 2. The number of carbonyl (C=O) groups is 2. The largest absolute Gasteiger partial charge is 0.465 e. The summed E-state index contributed by atoms with van der Waals surface area (Å²) in [5.74, 6) is -2.11.